The predicted octanol–water partition coefficient (Wildman–Crippen LogP) is 1.35. The van der Waals surface area contributed by atoms with Gasteiger partial charge in [-0.15, -0.1) is 11.6 Å². The van der Waals surface area contributed by atoms with Crippen molar-refractivity contribution < 1.29 is 9.59 Å². The van der Waals surface area contributed by atoms with E-state index < -0.39 is 5.38 Å². The standard InChI is InChI=1S/C13H18ClN3O2/c1-17(2)13(19)16-9-8-15-12(18)11(14)10-6-4-3-5-7-10/h3-7,11H,8-9H2,1-2H3,(H,15,18)(H,16,19). The Hall–Kier alpha value is -1.75. The summed E-state index contributed by atoms with van der Waals surface area (Å²) >= 11 is 6.04. The summed E-state index contributed by atoms with van der Waals surface area (Å²) in [5, 5.41) is 4.60. The first kappa shape index (κ1) is 15.3. The minimum absolute atomic E-state index is 0.195. The maximum absolute atomic E-state index is 11.8. The lowest BCUT2D eigenvalue weighted by Gasteiger charge is -2.13. The van der Waals surface area contributed by atoms with Gasteiger partial charge in [-0.2, -0.15) is 0 Å². The zero-order valence-electron chi connectivity index (χ0n) is 11.0. The Bertz CT molecular complexity index is 423. The van der Waals surface area contributed by atoms with E-state index in [9.17, 15) is 9.59 Å². The summed E-state index contributed by atoms with van der Waals surface area (Å²) in [5.41, 5.74) is 0.749. The van der Waals surface area contributed by atoms with Crippen LogP contribution in [0.15, 0.2) is 30.3 Å². The molecule has 0 radical (unpaired) electrons. The second-order valence-corrected chi connectivity index (χ2v) is 4.63. The number of carbonyl (C=O) groups excluding carboxylic acids is 2. The summed E-state index contributed by atoms with van der Waals surface area (Å²) in [6.45, 7) is 0.704. The van der Waals surface area contributed by atoms with Crippen LogP contribution in [0.3, 0.4) is 0 Å². The molecule has 0 aliphatic carbocycles. The fourth-order valence-corrected chi connectivity index (χ4v) is 1.60. The lowest BCUT2D eigenvalue weighted by atomic mass is 10.1. The van der Waals surface area contributed by atoms with Crippen LogP contribution in [0.25, 0.3) is 0 Å². The number of amides is 3. The van der Waals surface area contributed by atoms with Crippen molar-refractivity contribution in [1.82, 2.24) is 15.5 Å². The van der Waals surface area contributed by atoms with Crippen LogP contribution >= 0.6 is 11.6 Å². The maximum Gasteiger partial charge on any atom is 0.316 e. The van der Waals surface area contributed by atoms with Crippen LogP contribution in [0.1, 0.15) is 10.9 Å². The average Bonchev–Trinajstić information content (AvgIpc) is 2.43. The number of hydrogen-bond acceptors (Lipinski definition) is 2. The highest BCUT2D eigenvalue weighted by Gasteiger charge is 2.16. The molecule has 5 nitrogen and oxygen atoms in total. The van der Waals surface area contributed by atoms with E-state index in [4.69, 9.17) is 11.6 Å². The Morgan fingerprint density at radius 3 is 2.32 bits per heavy atom. The van der Waals surface area contributed by atoms with Crippen LogP contribution in [0.5, 0.6) is 0 Å². The first-order chi connectivity index (χ1) is 9.02. The molecular formula is C13H18ClN3O2. The lowest BCUT2D eigenvalue weighted by molar-refractivity contribution is -0.120. The maximum atomic E-state index is 11.8. The van der Waals surface area contributed by atoms with E-state index in [-0.39, 0.29) is 11.9 Å². The number of nitrogens with zero attached hydrogens (tertiary/aromatic N) is 1. The van der Waals surface area contributed by atoms with Gasteiger partial charge < -0.3 is 15.5 Å². The molecule has 1 aromatic carbocycles. The number of urea groups is 1. The Kier molecular flexibility index (Phi) is 6.15. The van der Waals surface area contributed by atoms with Gasteiger partial charge in [-0.1, -0.05) is 30.3 Å². The predicted molar refractivity (Wildman–Crippen MR) is 75.1 cm³/mol. The Labute approximate surface area is 117 Å². The Morgan fingerprint density at radius 2 is 1.74 bits per heavy atom. The fraction of sp³-hybridized carbons (Fsp3) is 0.385. The number of halogens is 1. The molecule has 0 fully saturated rings. The number of hydrogen-bond donors (Lipinski definition) is 2. The molecule has 2 N–H and O–H groups in total. The van der Waals surface area contributed by atoms with E-state index in [0.29, 0.717) is 13.1 Å². The number of nitrogens with one attached hydrogen (secondary N) is 2. The van der Waals surface area contributed by atoms with Gasteiger partial charge >= 0.3 is 6.03 Å². The third-order valence-electron chi connectivity index (χ3n) is 2.43. The van der Waals surface area contributed by atoms with Crippen LogP contribution in [0.4, 0.5) is 4.79 Å². The van der Waals surface area contributed by atoms with Crippen molar-refractivity contribution in [2.45, 2.75) is 5.38 Å². The quantitative estimate of drug-likeness (QED) is 0.633. The van der Waals surface area contributed by atoms with Crippen molar-refractivity contribution in [1.29, 1.82) is 0 Å². The van der Waals surface area contributed by atoms with Gasteiger partial charge in [-0.3, -0.25) is 4.79 Å². The highest BCUT2D eigenvalue weighted by Crippen LogP contribution is 2.19. The molecule has 3 amide bonds. The molecule has 0 saturated heterocycles. The molecule has 0 heterocycles. The monoisotopic (exact) mass is 283 g/mol. The highest BCUT2D eigenvalue weighted by atomic mass is 35.5. The summed E-state index contributed by atoms with van der Waals surface area (Å²) < 4.78 is 0. The van der Waals surface area contributed by atoms with Gasteiger partial charge in [0.05, 0.1) is 0 Å². The van der Waals surface area contributed by atoms with E-state index in [1.807, 2.05) is 18.2 Å². The van der Waals surface area contributed by atoms with Crippen LogP contribution in [0, 0.1) is 0 Å². The normalized spacial score (nSPS) is 11.5. The molecule has 19 heavy (non-hydrogen) atoms. The Balaban J connectivity index is 2.30. The molecule has 0 aromatic heterocycles. The number of rotatable bonds is 5. The topological polar surface area (TPSA) is 61.4 Å². The third kappa shape index (κ3) is 5.18. The van der Waals surface area contributed by atoms with Gasteiger partial charge in [0.2, 0.25) is 5.91 Å². The largest absolute Gasteiger partial charge is 0.353 e. The lowest BCUT2D eigenvalue weighted by Crippen LogP contribution is -2.40. The van der Waals surface area contributed by atoms with Gasteiger partial charge in [0.1, 0.15) is 5.38 Å². The minimum Gasteiger partial charge on any atom is -0.353 e. The van der Waals surface area contributed by atoms with Gasteiger partial charge in [0, 0.05) is 27.2 Å². The molecule has 6 heteroatoms. The van der Waals surface area contributed by atoms with Crippen molar-refractivity contribution in [3.63, 3.8) is 0 Å². The van der Waals surface area contributed by atoms with Crippen molar-refractivity contribution in [2.75, 3.05) is 27.2 Å². The molecule has 1 unspecified atom stereocenters. The molecule has 0 aliphatic heterocycles. The molecule has 0 aliphatic rings. The number of alkyl halides is 1. The van der Waals surface area contributed by atoms with E-state index in [1.165, 1.54) is 4.90 Å². The molecule has 1 rings (SSSR count). The van der Waals surface area contributed by atoms with Crippen molar-refractivity contribution in [3.05, 3.63) is 35.9 Å². The summed E-state index contributed by atoms with van der Waals surface area (Å²) in [6.07, 6.45) is 0. The Morgan fingerprint density at radius 1 is 1.16 bits per heavy atom. The smallest absolute Gasteiger partial charge is 0.316 e. The van der Waals surface area contributed by atoms with E-state index >= 15 is 0 Å². The van der Waals surface area contributed by atoms with Gasteiger partial charge in [-0.25, -0.2) is 4.79 Å². The van der Waals surface area contributed by atoms with E-state index in [1.54, 1.807) is 26.2 Å². The number of benzene rings is 1. The highest BCUT2D eigenvalue weighted by molar-refractivity contribution is 6.30. The molecule has 1 aromatic rings. The first-order valence-corrected chi connectivity index (χ1v) is 6.38. The van der Waals surface area contributed by atoms with Crippen molar-refractivity contribution in [3.8, 4) is 0 Å². The average molecular weight is 284 g/mol. The number of carbonyl (C=O) groups is 2. The molecule has 0 saturated carbocycles. The summed E-state index contributed by atoms with van der Waals surface area (Å²) in [6, 6.07) is 8.92. The second kappa shape index (κ2) is 7.63. The molecule has 104 valence electrons. The SMILES string of the molecule is CN(C)C(=O)NCCNC(=O)C(Cl)c1ccccc1. The third-order valence-corrected chi connectivity index (χ3v) is 2.88. The van der Waals surface area contributed by atoms with Crippen molar-refractivity contribution >= 4 is 23.5 Å². The van der Waals surface area contributed by atoms with Crippen LogP contribution in [-0.2, 0) is 4.79 Å². The van der Waals surface area contributed by atoms with Gasteiger partial charge in [0.15, 0.2) is 0 Å². The van der Waals surface area contributed by atoms with Crippen LogP contribution in [0.2, 0.25) is 0 Å². The zero-order chi connectivity index (χ0) is 14.3. The fourth-order valence-electron chi connectivity index (χ4n) is 1.38. The minimum atomic E-state index is -0.717. The molecular weight excluding hydrogens is 266 g/mol. The molecule has 0 spiro atoms. The molecule has 0 bridgehead atoms. The second-order valence-electron chi connectivity index (χ2n) is 4.19. The summed E-state index contributed by atoms with van der Waals surface area (Å²) in [7, 11) is 3.30. The summed E-state index contributed by atoms with van der Waals surface area (Å²) in [5.74, 6) is -0.271. The van der Waals surface area contributed by atoms with Crippen LogP contribution in [-0.4, -0.2) is 44.0 Å². The van der Waals surface area contributed by atoms with Crippen molar-refractivity contribution in [2.24, 2.45) is 0 Å². The molecule has 1 atom stereocenters. The van der Waals surface area contributed by atoms with Crippen LogP contribution < -0.4 is 10.6 Å². The van der Waals surface area contributed by atoms with E-state index in [2.05, 4.69) is 10.6 Å². The van der Waals surface area contributed by atoms with E-state index in [0.717, 1.165) is 5.56 Å². The van der Waals surface area contributed by atoms with Gasteiger partial charge in [-0.05, 0) is 5.56 Å². The van der Waals surface area contributed by atoms with Gasteiger partial charge in [0.25, 0.3) is 0 Å². The summed E-state index contributed by atoms with van der Waals surface area (Å²) in [4.78, 5) is 24.4. The zero-order valence-corrected chi connectivity index (χ0v) is 11.8. The first-order valence-electron chi connectivity index (χ1n) is 5.94.